The van der Waals surface area contributed by atoms with Crippen LogP contribution in [0.3, 0.4) is 0 Å². The van der Waals surface area contributed by atoms with Gasteiger partial charge < -0.3 is 10.5 Å². The average Bonchev–Trinajstić information content (AvgIpc) is 2.39. The Morgan fingerprint density at radius 2 is 2.00 bits per heavy atom. The van der Waals surface area contributed by atoms with Gasteiger partial charge in [0.1, 0.15) is 12.4 Å². The summed E-state index contributed by atoms with van der Waals surface area (Å²) >= 11 is 0. The molecule has 1 fully saturated rings. The van der Waals surface area contributed by atoms with Crippen LogP contribution in [0.5, 0.6) is 5.75 Å². The lowest BCUT2D eigenvalue weighted by atomic mass is 10.1. The fourth-order valence-corrected chi connectivity index (χ4v) is 2.25. The first-order valence-corrected chi connectivity index (χ1v) is 6.50. The Hall–Kier alpha value is -1.08. The van der Waals surface area contributed by atoms with E-state index in [-0.39, 0.29) is 36.5 Å². The number of nitrogens with two attached hydrogens (primary N) is 1. The number of nitro benzene ring substituents is 1. The number of piperidine rings is 1. The first-order chi connectivity index (χ1) is 9.15. The van der Waals surface area contributed by atoms with E-state index in [9.17, 15) is 10.1 Å². The Morgan fingerprint density at radius 1 is 1.33 bits per heavy atom. The lowest BCUT2D eigenvalue weighted by Crippen LogP contribution is -2.44. The Labute approximate surface area is 136 Å². The highest BCUT2D eigenvalue weighted by atomic mass is 35.5. The zero-order valence-corrected chi connectivity index (χ0v) is 13.3. The van der Waals surface area contributed by atoms with Crippen LogP contribution in [0.25, 0.3) is 0 Å². The van der Waals surface area contributed by atoms with E-state index in [1.165, 1.54) is 12.1 Å². The van der Waals surface area contributed by atoms with E-state index < -0.39 is 4.92 Å². The molecule has 1 aliphatic heterocycles. The Bertz CT molecular complexity index is 431. The van der Waals surface area contributed by atoms with Gasteiger partial charge in [-0.25, -0.2) is 0 Å². The third-order valence-corrected chi connectivity index (χ3v) is 3.27. The molecule has 0 radical (unpaired) electrons. The van der Waals surface area contributed by atoms with Gasteiger partial charge in [0.25, 0.3) is 5.69 Å². The van der Waals surface area contributed by atoms with E-state index in [0.29, 0.717) is 12.4 Å². The van der Waals surface area contributed by atoms with Crippen LogP contribution in [-0.4, -0.2) is 42.1 Å². The molecule has 0 aliphatic carbocycles. The summed E-state index contributed by atoms with van der Waals surface area (Å²) in [5, 5.41) is 10.5. The number of hydrogen-bond acceptors (Lipinski definition) is 5. The second kappa shape index (κ2) is 9.78. The molecule has 1 aromatic rings. The molecule has 0 aromatic heterocycles. The van der Waals surface area contributed by atoms with Crippen LogP contribution < -0.4 is 10.5 Å². The van der Waals surface area contributed by atoms with Gasteiger partial charge in [-0.15, -0.1) is 24.8 Å². The summed E-state index contributed by atoms with van der Waals surface area (Å²) in [4.78, 5) is 12.4. The third kappa shape index (κ3) is 6.48. The normalized spacial score (nSPS) is 18.2. The average molecular weight is 338 g/mol. The molecule has 21 heavy (non-hydrogen) atoms. The molecule has 0 spiro atoms. The van der Waals surface area contributed by atoms with Crippen LogP contribution in [-0.2, 0) is 0 Å². The van der Waals surface area contributed by atoms with Crippen molar-refractivity contribution in [3.63, 3.8) is 0 Å². The number of non-ortho nitro benzene ring substituents is 1. The predicted molar refractivity (Wildman–Crippen MR) is 86.7 cm³/mol. The molecule has 8 heteroatoms. The zero-order valence-electron chi connectivity index (χ0n) is 11.6. The second-order valence-electron chi connectivity index (χ2n) is 4.80. The number of ether oxygens (including phenoxy) is 1. The van der Waals surface area contributed by atoms with Crippen molar-refractivity contribution in [1.29, 1.82) is 0 Å². The fraction of sp³-hybridized carbons (Fsp3) is 0.538. The molecule has 0 bridgehead atoms. The van der Waals surface area contributed by atoms with Gasteiger partial charge in [0.15, 0.2) is 0 Å². The summed E-state index contributed by atoms with van der Waals surface area (Å²) in [6, 6.07) is 6.42. The SMILES string of the molecule is Cl.Cl.N[C@@H]1CCCN(CCOc2ccc([N+](=O)[O-])cc2)C1. The molecule has 120 valence electrons. The Balaban J connectivity index is 0.00000200. The van der Waals surface area contributed by atoms with E-state index in [1.807, 2.05) is 0 Å². The molecule has 1 atom stereocenters. The van der Waals surface area contributed by atoms with Gasteiger partial charge in [-0.2, -0.15) is 0 Å². The molecule has 0 unspecified atom stereocenters. The number of benzene rings is 1. The molecular formula is C13H21Cl2N3O3. The molecule has 6 nitrogen and oxygen atoms in total. The summed E-state index contributed by atoms with van der Waals surface area (Å²) in [7, 11) is 0. The fourth-order valence-electron chi connectivity index (χ4n) is 2.25. The molecule has 1 saturated heterocycles. The van der Waals surface area contributed by atoms with Gasteiger partial charge in [-0.05, 0) is 31.5 Å². The van der Waals surface area contributed by atoms with Crippen molar-refractivity contribution in [2.75, 3.05) is 26.2 Å². The topological polar surface area (TPSA) is 81.6 Å². The lowest BCUT2D eigenvalue weighted by Gasteiger charge is -2.30. The number of likely N-dealkylation sites (tertiary alicyclic amines) is 1. The largest absolute Gasteiger partial charge is 0.492 e. The third-order valence-electron chi connectivity index (χ3n) is 3.27. The van der Waals surface area contributed by atoms with Gasteiger partial charge in [0.2, 0.25) is 0 Å². The standard InChI is InChI=1S/C13H19N3O3.2ClH/c14-11-2-1-7-15(10-11)8-9-19-13-5-3-12(4-6-13)16(17)18;;/h3-6,11H,1-2,7-10,14H2;2*1H/t11-;;/m1../s1. The molecule has 2 N–H and O–H groups in total. The van der Waals surface area contributed by atoms with E-state index in [2.05, 4.69) is 4.90 Å². The molecule has 1 aromatic carbocycles. The minimum Gasteiger partial charge on any atom is -0.492 e. The summed E-state index contributed by atoms with van der Waals surface area (Å²) in [6.45, 7) is 3.40. The maximum atomic E-state index is 10.5. The Morgan fingerprint density at radius 3 is 2.57 bits per heavy atom. The maximum Gasteiger partial charge on any atom is 0.269 e. The van der Waals surface area contributed by atoms with Gasteiger partial charge in [0.05, 0.1) is 4.92 Å². The van der Waals surface area contributed by atoms with Crippen LogP contribution in [0.2, 0.25) is 0 Å². The molecule has 0 saturated carbocycles. The number of hydrogen-bond donors (Lipinski definition) is 1. The van der Waals surface area contributed by atoms with Crippen LogP contribution >= 0.6 is 24.8 Å². The minimum absolute atomic E-state index is 0. The highest BCUT2D eigenvalue weighted by Crippen LogP contribution is 2.17. The van der Waals surface area contributed by atoms with E-state index >= 15 is 0 Å². The molecular weight excluding hydrogens is 317 g/mol. The minimum atomic E-state index is -0.418. The van der Waals surface area contributed by atoms with Crippen molar-refractivity contribution in [1.82, 2.24) is 4.90 Å². The Kier molecular flexibility index (Phi) is 9.28. The second-order valence-corrected chi connectivity index (χ2v) is 4.80. The van der Waals surface area contributed by atoms with Crippen molar-refractivity contribution in [2.24, 2.45) is 5.73 Å². The predicted octanol–water partition coefficient (Wildman–Crippen LogP) is 2.24. The van der Waals surface area contributed by atoms with Crippen molar-refractivity contribution >= 4 is 30.5 Å². The number of rotatable bonds is 5. The molecule has 2 rings (SSSR count). The smallest absolute Gasteiger partial charge is 0.269 e. The van der Waals surface area contributed by atoms with Crippen molar-refractivity contribution < 1.29 is 9.66 Å². The summed E-state index contributed by atoms with van der Waals surface area (Å²) in [5.74, 6) is 0.659. The van der Waals surface area contributed by atoms with E-state index in [4.69, 9.17) is 10.5 Å². The van der Waals surface area contributed by atoms with E-state index in [1.54, 1.807) is 12.1 Å². The zero-order chi connectivity index (χ0) is 13.7. The maximum absolute atomic E-state index is 10.5. The molecule has 1 aliphatic rings. The monoisotopic (exact) mass is 337 g/mol. The lowest BCUT2D eigenvalue weighted by molar-refractivity contribution is -0.384. The van der Waals surface area contributed by atoms with Gasteiger partial charge in [-0.3, -0.25) is 15.0 Å². The summed E-state index contributed by atoms with van der Waals surface area (Å²) < 4.78 is 5.57. The van der Waals surface area contributed by atoms with Gasteiger partial charge in [-0.1, -0.05) is 0 Å². The molecule has 0 amide bonds. The van der Waals surface area contributed by atoms with Crippen molar-refractivity contribution in [3.05, 3.63) is 34.4 Å². The van der Waals surface area contributed by atoms with E-state index in [0.717, 1.165) is 32.5 Å². The van der Waals surface area contributed by atoms with Gasteiger partial charge >= 0.3 is 0 Å². The number of nitrogens with zero attached hydrogens (tertiary/aromatic N) is 2. The highest BCUT2D eigenvalue weighted by molar-refractivity contribution is 5.85. The quantitative estimate of drug-likeness (QED) is 0.658. The van der Waals surface area contributed by atoms with Crippen LogP contribution in [0.4, 0.5) is 5.69 Å². The first-order valence-electron chi connectivity index (χ1n) is 6.50. The highest BCUT2D eigenvalue weighted by Gasteiger charge is 2.16. The summed E-state index contributed by atoms with van der Waals surface area (Å²) in [6.07, 6.45) is 2.23. The van der Waals surface area contributed by atoms with Crippen LogP contribution in [0.1, 0.15) is 12.8 Å². The van der Waals surface area contributed by atoms with Gasteiger partial charge in [0, 0.05) is 31.3 Å². The van der Waals surface area contributed by atoms with Crippen LogP contribution in [0.15, 0.2) is 24.3 Å². The van der Waals surface area contributed by atoms with Crippen molar-refractivity contribution in [2.45, 2.75) is 18.9 Å². The molecule has 1 heterocycles. The summed E-state index contributed by atoms with van der Waals surface area (Å²) in [5.41, 5.74) is 5.98. The van der Waals surface area contributed by atoms with Crippen molar-refractivity contribution in [3.8, 4) is 5.75 Å². The van der Waals surface area contributed by atoms with Crippen LogP contribution in [0, 0.1) is 10.1 Å². The number of nitro groups is 1. The number of halogens is 2. The first kappa shape index (κ1) is 19.9.